The molecule has 0 bridgehead atoms. The fraction of sp³-hybridized carbons (Fsp3) is 0.0282. The van der Waals surface area contributed by atoms with Crippen LogP contribution < -0.4 is 0 Å². The number of nitrogens with zero attached hydrogens (tertiary/aromatic N) is 5. The summed E-state index contributed by atoms with van der Waals surface area (Å²) in [5.74, 6) is 1.49. The first-order valence-corrected chi connectivity index (χ1v) is 26.8. The van der Waals surface area contributed by atoms with E-state index in [-0.39, 0.29) is 0 Å². The molecule has 8 heteroatoms. The van der Waals surface area contributed by atoms with Crippen molar-refractivity contribution in [3.63, 3.8) is 0 Å². The first-order chi connectivity index (χ1) is 39.1. The molecule has 0 aliphatic carbocycles. The van der Waals surface area contributed by atoms with Gasteiger partial charge in [0.2, 0.25) is 5.95 Å². The van der Waals surface area contributed by atoms with E-state index in [1.54, 1.807) is 0 Å². The van der Waals surface area contributed by atoms with Gasteiger partial charge in [-0.25, -0.2) is 4.98 Å². The van der Waals surface area contributed by atoms with Gasteiger partial charge in [-0.3, -0.25) is 4.57 Å². The lowest BCUT2D eigenvalue weighted by atomic mass is 9.96. The van der Waals surface area contributed by atoms with E-state index in [0.29, 0.717) is 17.6 Å². The maximum absolute atomic E-state index is 6.60. The molecule has 0 aliphatic heterocycles. The number of para-hydroxylation sites is 7. The molecular formula is C71H45N5O3. The van der Waals surface area contributed by atoms with E-state index in [0.717, 1.165) is 138 Å². The summed E-state index contributed by atoms with van der Waals surface area (Å²) in [7, 11) is 0. The van der Waals surface area contributed by atoms with E-state index in [1.165, 1.54) is 10.8 Å². The van der Waals surface area contributed by atoms with Crippen LogP contribution in [0.1, 0.15) is 13.8 Å². The second-order valence-electron chi connectivity index (χ2n) is 19.9. The number of hydrogen-bond donors (Lipinski definition) is 0. The molecule has 0 fully saturated rings. The second-order valence-corrected chi connectivity index (χ2v) is 19.9. The Morgan fingerprint density at radius 1 is 0.291 bits per heavy atom. The van der Waals surface area contributed by atoms with Crippen LogP contribution in [0.2, 0.25) is 0 Å². The van der Waals surface area contributed by atoms with Crippen molar-refractivity contribution in [2.45, 2.75) is 13.8 Å². The van der Waals surface area contributed by atoms with Gasteiger partial charge in [0.1, 0.15) is 33.5 Å². The molecule has 0 aliphatic rings. The van der Waals surface area contributed by atoms with Gasteiger partial charge < -0.3 is 17.8 Å². The fourth-order valence-corrected chi connectivity index (χ4v) is 12.1. The molecule has 0 unspecified atom stereocenters. The van der Waals surface area contributed by atoms with Crippen molar-refractivity contribution < 1.29 is 13.3 Å². The summed E-state index contributed by atoms with van der Waals surface area (Å²) < 4.78 is 24.1. The highest BCUT2D eigenvalue weighted by molar-refractivity contribution is 6.16. The van der Waals surface area contributed by atoms with E-state index >= 15 is 0 Å². The lowest BCUT2D eigenvalue weighted by Crippen LogP contribution is -2.07. The van der Waals surface area contributed by atoms with Crippen molar-refractivity contribution in [3.05, 3.63) is 237 Å². The number of rotatable bonds is 6. The van der Waals surface area contributed by atoms with Crippen LogP contribution >= 0.6 is 0 Å². The summed E-state index contributed by atoms with van der Waals surface area (Å²) in [5.41, 5.74) is 15.9. The average Bonchev–Trinajstić information content (AvgIpc) is 4.47. The molecule has 0 saturated carbocycles. The Balaban J connectivity index is 0.00000257. The Labute approximate surface area is 451 Å². The van der Waals surface area contributed by atoms with Gasteiger partial charge in [0.15, 0.2) is 11.6 Å². The molecular weight excluding hydrogens is 971 g/mol. The van der Waals surface area contributed by atoms with E-state index < -0.39 is 0 Å². The maximum atomic E-state index is 6.60. The molecule has 0 spiro atoms. The number of fused-ring (bicyclic) bond motifs is 15. The topological polar surface area (TPSA) is 88.0 Å². The number of hydrogen-bond acceptors (Lipinski definition) is 6. The standard InChI is InChI=1S/C69H39N5O3.C2H6/c1-6-25-57-47(16-1)48-17-2-7-26-58(48)73(57)44-32-35-59-56(39-44)54-23-12-21-45(40-14-11-15-41(36-40)46-22-13-24-55-51-20-5-10-29-62(51)77-66(46)55)65(54)74(59)69-71-67(42-30-33-52-49-18-3-8-27-60(49)75-63(52)37-42)70-68(72-69)43-31-34-53-50-19-4-9-28-61(50)76-64(53)38-43;1-2/h1-39H;1-2H3. The number of benzene rings is 11. The van der Waals surface area contributed by atoms with Gasteiger partial charge in [0.05, 0.1) is 22.1 Å². The Hall–Kier alpha value is -10.6. The minimum Gasteiger partial charge on any atom is -0.456 e. The zero-order valence-corrected chi connectivity index (χ0v) is 43.0. The minimum atomic E-state index is 0.472. The van der Waals surface area contributed by atoms with Crippen LogP contribution in [-0.4, -0.2) is 24.1 Å². The third-order valence-electron chi connectivity index (χ3n) is 15.6. The van der Waals surface area contributed by atoms with Crippen LogP contribution in [0.5, 0.6) is 0 Å². The molecule has 17 aromatic rings. The molecule has 17 rings (SSSR count). The van der Waals surface area contributed by atoms with E-state index in [2.05, 4.69) is 185 Å². The second kappa shape index (κ2) is 17.5. The fourth-order valence-electron chi connectivity index (χ4n) is 12.1. The SMILES string of the molecule is CC.c1cc(-c2cccc3c2oc2ccccc23)cc(-c2cccc3c4cc(-n5c6ccccc6c6ccccc65)ccc4n(-c4nc(-c5ccc6c(c5)oc5ccccc56)nc(-c5ccc6c(c5)oc5ccccc56)n4)c23)c1. The Morgan fingerprint density at radius 2 is 0.759 bits per heavy atom. The third-order valence-corrected chi connectivity index (χ3v) is 15.6. The summed E-state index contributed by atoms with van der Waals surface area (Å²) in [5, 5.41) is 10.9. The van der Waals surface area contributed by atoms with Crippen molar-refractivity contribution in [1.29, 1.82) is 0 Å². The number of furan rings is 3. The number of aromatic nitrogens is 5. The van der Waals surface area contributed by atoms with Gasteiger partial charge >= 0.3 is 0 Å². The monoisotopic (exact) mass is 1020 g/mol. The van der Waals surface area contributed by atoms with Gasteiger partial charge in [0.25, 0.3) is 0 Å². The molecule has 11 aromatic carbocycles. The lowest BCUT2D eigenvalue weighted by Gasteiger charge is -2.14. The van der Waals surface area contributed by atoms with Gasteiger partial charge in [-0.2, -0.15) is 9.97 Å². The van der Waals surface area contributed by atoms with Gasteiger partial charge in [-0.15, -0.1) is 0 Å². The summed E-state index contributed by atoms with van der Waals surface area (Å²) in [6.07, 6.45) is 0. The van der Waals surface area contributed by atoms with E-state index in [1.807, 2.05) is 74.5 Å². The summed E-state index contributed by atoms with van der Waals surface area (Å²) in [6.45, 7) is 4.00. The Morgan fingerprint density at radius 3 is 1.38 bits per heavy atom. The van der Waals surface area contributed by atoms with Gasteiger partial charge in [-0.05, 0) is 90.0 Å². The van der Waals surface area contributed by atoms with Crippen LogP contribution in [0.4, 0.5) is 0 Å². The van der Waals surface area contributed by atoms with Crippen LogP contribution in [0.25, 0.3) is 166 Å². The Kier molecular flexibility index (Phi) is 9.90. The smallest absolute Gasteiger partial charge is 0.238 e. The summed E-state index contributed by atoms with van der Waals surface area (Å²) in [4.78, 5) is 16.3. The molecule has 0 amide bonds. The molecule has 0 atom stereocenters. The molecule has 0 saturated heterocycles. The predicted molar refractivity (Wildman–Crippen MR) is 323 cm³/mol. The highest BCUT2D eigenvalue weighted by Gasteiger charge is 2.24. The quantitative estimate of drug-likeness (QED) is 0.165. The normalized spacial score (nSPS) is 11.9. The molecule has 8 nitrogen and oxygen atoms in total. The molecule has 6 heterocycles. The molecule has 79 heavy (non-hydrogen) atoms. The van der Waals surface area contributed by atoms with Crippen LogP contribution in [-0.2, 0) is 0 Å². The van der Waals surface area contributed by atoms with E-state index in [4.69, 9.17) is 28.2 Å². The van der Waals surface area contributed by atoms with Crippen molar-refractivity contribution in [2.75, 3.05) is 0 Å². The summed E-state index contributed by atoms with van der Waals surface area (Å²) >= 11 is 0. The largest absolute Gasteiger partial charge is 0.456 e. The van der Waals surface area contributed by atoms with Crippen molar-refractivity contribution >= 4 is 109 Å². The predicted octanol–water partition coefficient (Wildman–Crippen LogP) is 19.5. The first kappa shape index (κ1) is 44.7. The van der Waals surface area contributed by atoms with Crippen molar-refractivity contribution in [2.24, 2.45) is 0 Å². The molecule has 0 N–H and O–H groups in total. The van der Waals surface area contributed by atoms with Gasteiger partial charge in [0, 0.05) is 81.8 Å². The molecule has 372 valence electrons. The van der Waals surface area contributed by atoms with Crippen molar-refractivity contribution in [1.82, 2.24) is 24.1 Å². The van der Waals surface area contributed by atoms with Crippen LogP contribution in [0, 0.1) is 0 Å². The highest BCUT2D eigenvalue weighted by Crippen LogP contribution is 2.43. The Bertz CT molecular complexity index is 5140. The third kappa shape index (κ3) is 6.84. The highest BCUT2D eigenvalue weighted by atomic mass is 16.3. The van der Waals surface area contributed by atoms with Gasteiger partial charge in [-0.1, -0.05) is 172 Å². The molecule has 0 radical (unpaired) electrons. The maximum Gasteiger partial charge on any atom is 0.238 e. The lowest BCUT2D eigenvalue weighted by molar-refractivity contribution is 0.668. The van der Waals surface area contributed by atoms with Crippen LogP contribution in [0.3, 0.4) is 0 Å². The van der Waals surface area contributed by atoms with Crippen LogP contribution in [0.15, 0.2) is 250 Å². The van der Waals surface area contributed by atoms with Crippen molar-refractivity contribution in [3.8, 4) is 56.7 Å². The first-order valence-electron chi connectivity index (χ1n) is 26.8. The summed E-state index contributed by atoms with van der Waals surface area (Å²) in [6, 6.07) is 82.8. The average molecular weight is 1020 g/mol. The minimum absolute atomic E-state index is 0.472. The zero-order valence-electron chi connectivity index (χ0n) is 43.0. The molecule has 6 aromatic heterocycles. The van der Waals surface area contributed by atoms with E-state index in [9.17, 15) is 0 Å². The zero-order chi connectivity index (χ0) is 52.3.